The molecule has 0 spiro atoms. The van der Waals surface area contributed by atoms with Crippen LogP contribution >= 0.6 is 11.6 Å². The third kappa shape index (κ3) is 8.01. The number of sulfonamides is 1. The number of amides is 2. The number of halogens is 1. The molecule has 0 unspecified atom stereocenters. The van der Waals surface area contributed by atoms with Crippen LogP contribution in [-0.4, -0.2) is 50.9 Å². The predicted molar refractivity (Wildman–Crippen MR) is 163 cm³/mol. The molecule has 0 heterocycles. The van der Waals surface area contributed by atoms with Crippen LogP contribution in [0.25, 0.3) is 0 Å². The first kappa shape index (κ1) is 32.0. The Hall–Kier alpha value is -3.56. The van der Waals surface area contributed by atoms with E-state index in [0.29, 0.717) is 16.3 Å². The normalized spacial score (nSPS) is 12.8. The Morgan fingerprint density at radius 3 is 2.32 bits per heavy atom. The molecule has 8 nitrogen and oxygen atoms in total. The van der Waals surface area contributed by atoms with Crippen molar-refractivity contribution in [2.75, 3.05) is 18.0 Å². The van der Waals surface area contributed by atoms with Crippen LogP contribution in [0.3, 0.4) is 0 Å². The van der Waals surface area contributed by atoms with Crippen LogP contribution in [0.2, 0.25) is 5.02 Å². The van der Waals surface area contributed by atoms with Gasteiger partial charge in [-0.2, -0.15) is 0 Å². The van der Waals surface area contributed by atoms with E-state index in [2.05, 4.69) is 5.32 Å². The maximum Gasteiger partial charge on any atom is 0.264 e. The van der Waals surface area contributed by atoms with E-state index in [4.69, 9.17) is 16.3 Å². The zero-order chi connectivity index (χ0) is 30.3. The Balaban J connectivity index is 2.08. The van der Waals surface area contributed by atoms with Crippen molar-refractivity contribution in [2.45, 2.75) is 64.6 Å². The Labute approximate surface area is 248 Å². The lowest BCUT2D eigenvalue weighted by molar-refractivity contribution is -0.139. The molecule has 220 valence electrons. The molecule has 3 aromatic rings. The number of carbonyl (C=O) groups excluding carboxylic acids is 2. The number of hydrogen-bond donors (Lipinski definition) is 1. The van der Waals surface area contributed by atoms with Crippen molar-refractivity contribution in [3.63, 3.8) is 0 Å². The number of anilines is 1. The number of rotatable bonds is 12. The minimum absolute atomic E-state index is 0.0391. The fraction of sp³-hybridized carbons (Fsp3) is 0.355. The summed E-state index contributed by atoms with van der Waals surface area (Å²) in [4.78, 5) is 28.7. The number of ether oxygens (including phenoxy) is 1. The van der Waals surface area contributed by atoms with Gasteiger partial charge in [-0.3, -0.25) is 13.9 Å². The van der Waals surface area contributed by atoms with E-state index in [1.165, 1.54) is 23.1 Å². The van der Waals surface area contributed by atoms with Crippen molar-refractivity contribution in [2.24, 2.45) is 0 Å². The van der Waals surface area contributed by atoms with Gasteiger partial charge in [-0.15, -0.1) is 0 Å². The topological polar surface area (TPSA) is 96.0 Å². The smallest absolute Gasteiger partial charge is 0.264 e. The van der Waals surface area contributed by atoms with Crippen molar-refractivity contribution in [3.8, 4) is 5.75 Å². The Kier molecular flexibility index (Phi) is 10.8. The van der Waals surface area contributed by atoms with Gasteiger partial charge in [0.15, 0.2) is 0 Å². The van der Waals surface area contributed by atoms with Crippen molar-refractivity contribution >= 4 is 39.1 Å². The van der Waals surface area contributed by atoms with Gasteiger partial charge in [0.1, 0.15) is 18.3 Å². The lowest BCUT2D eigenvalue weighted by Gasteiger charge is -2.33. The lowest BCUT2D eigenvalue weighted by atomic mass is 10.1. The molecule has 0 saturated heterocycles. The number of methoxy groups -OCH3 is 1. The summed E-state index contributed by atoms with van der Waals surface area (Å²) in [6, 6.07) is 17.5. The van der Waals surface area contributed by atoms with E-state index in [0.717, 1.165) is 21.9 Å². The quantitative estimate of drug-likeness (QED) is 0.297. The number of hydrogen-bond acceptors (Lipinski definition) is 5. The van der Waals surface area contributed by atoms with Gasteiger partial charge in [0.2, 0.25) is 11.8 Å². The molecule has 0 aliphatic heterocycles. The lowest BCUT2D eigenvalue weighted by Crippen LogP contribution is -2.52. The van der Waals surface area contributed by atoms with E-state index in [9.17, 15) is 18.0 Å². The summed E-state index contributed by atoms with van der Waals surface area (Å²) in [5, 5.41) is 3.26. The molecular formula is C31H38ClN3O5S. The molecule has 0 aromatic heterocycles. The number of nitrogens with one attached hydrogen (secondary N) is 1. The van der Waals surface area contributed by atoms with Crippen molar-refractivity contribution in [3.05, 3.63) is 88.4 Å². The zero-order valence-corrected chi connectivity index (χ0v) is 25.9. The largest absolute Gasteiger partial charge is 0.497 e. The van der Waals surface area contributed by atoms with Gasteiger partial charge in [0.25, 0.3) is 10.0 Å². The molecule has 0 saturated carbocycles. The first-order chi connectivity index (χ1) is 19.4. The number of benzene rings is 3. The van der Waals surface area contributed by atoms with E-state index >= 15 is 0 Å². The molecule has 0 bridgehead atoms. The minimum Gasteiger partial charge on any atom is -0.497 e. The molecule has 10 heteroatoms. The Morgan fingerprint density at radius 1 is 1.00 bits per heavy atom. The monoisotopic (exact) mass is 599 g/mol. The van der Waals surface area contributed by atoms with Gasteiger partial charge in [-0.25, -0.2) is 8.42 Å². The number of aryl methyl sites for hydroxylation is 2. The first-order valence-corrected chi connectivity index (χ1v) is 15.3. The molecule has 0 aliphatic carbocycles. The maximum atomic E-state index is 14.1. The second-order valence-electron chi connectivity index (χ2n) is 10.1. The van der Waals surface area contributed by atoms with Gasteiger partial charge in [0, 0.05) is 17.6 Å². The summed E-state index contributed by atoms with van der Waals surface area (Å²) in [5.41, 5.74) is 2.54. The van der Waals surface area contributed by atoms with Crippen molar-refractivity contribution in [1.82, 2.24) is 10.2 Å². The highest BCUT2D eigenvalue weighted by Gasteiger charge is 2.33. The zero-order valence-electron chi connectivity index (χ0n) is 24.3. The number of carbonyl (C=O) groups is 2. The minimum atomic E-state index is -4.18. The highest BCUT2D eigenvalue weighted by Crippen LogP contribution is 2.30. The second kappa shape index (κ2) is 13.9. The highest BCUT2D eigenvalue weighted by atomic mass is 35.5. The van der Waals surface area contributed by atoms with Gasteiger partial charge in [-0.05, 0) is 81.6 Å². The van der Waals surface area contributed by atoms with Crippen LogP contribution in [0, 0.1) is 13.8 Å². The third-order valence-electron chi connectivity index (χ3n) is 6.98. The van der Waals surface area contributed by atoms with Crippen molar-refractivity contribution in [1.29, 1.82) is 0 Å². The predicted octanol–water partition coefficient (Wildman–Crippen LogP) is 5.49. The fourth-order valence-corrected chi connectivity index (χ4v) is 5.85. The maximum absolute atomic E-state index is 14.1. The van der Waals surface area contributed by atoms with Crippen LogP contribution in [0.1, 0.15) is 43.9 Å². The van der Waals surface area contributed by atoms with E-state index in [1.807, 2.05) is 26.8 Å². The van der Waals surface area contributed by atoms with E-state index < -0.39 is 28.5 Å². The van der Waals surface area contributed by atoms with Gasteiger partial charge in [0.05, 0.1) is 17.7 Å². The van der Waals surface area contributed by atoms with E-state index in [-0.39, 0.29) is 29.1 Å². The first-order valence-electron chi connectivity index (χ1n) is 13.5. The van der Waals surface area contributed by atoms with Crippen LogP contribution < -0.4 is 14.4 Å². The summed E-state index contributed by atoms with van der Waals surface area (Å²) in [7, 11) is -2.64. The molecule has 2 atom stereocenters. The van der Waals surface area contributed by atoms with Crippen LogP contribution in [0.4, 0.5) is 5.69 Å². The molecular weight excluding hydrogens is 562 g/mol. The molecule has 3 aromatic carbocycles. The molecule has 0 radical (unpaired) electrons. The van der Waals surface area contributed by atoms with Crippen LogP contribution in [0.5, 0.6) is 5.75 Å². The molecule has 1 N–H and O–H groups in total. The second-order valence-corrected chi connectivity index (χ2v) is 12.4. The summed E-state index contributed by atoms with van der Waals surface area (Å²) in [6.45, 7) is 8.62. The highest BCUT2D eigenvalue weighted by molar-refractivity contribution is 7.92. The van der Waals surface area contributed by atoms with E-state index in [1.54, 1.807) is 63.4 Å². The van der Waals surface area contributed by atoms with Crippen LogP contribution in [-0.2, 0) is 26.2 Å². The summed E-state index contributed by atoms with van der Waals surface area (Å²) in [6.07, 6.45) is 0.721. The van der Waals surface area contributed by atoms with Crippen LogP contribution in [0.15, 0.2) is 71.6 Å². The fourth-order valence-electron chi connectivity index (χ4n) is 4.22. The third-order valence-corrected chi connectivity index (χ3v) is 8.99. The molecule has 0 aliphatic rings. The summed E-state index contributed by atoms with van der Waals surface area (Å²) < 4.78 is 34.4. The SMILES string of the molecule is CC[C@@H](C)NC(=O)[C@@H](C)N(Cc1cccc(OC)c1)C(=O)CN(c1cc(Cl)ccc1C)S(=O)(=O)c1ccc(C)cc1. The average Bonchev–Trinajstić information content (AvgIpc) is 2.95. The Morgan fingerprint density at radius 2 is 1.68 bits per heavy atom. The number of nitrogens with zero attached hydrogens (tertiary/aromatic N) is 2. The molecule has 41 heavy (non-hydrogen) atoms. The standard InChI is InChI=1S/C31H38ClN3O5S/c1-7-23(4)33-31(37)24(5)34(19-25-9-8-10-27(17-25)40-6)30(36)20-35(29-18-26(32)14-13-22(29)3)41(38,39)28-15-11-21(2)12-16-28/h8-18,23-24H,7,19-20H2,1-6H3,(H,33,37)/t23-,24-/m1/s1. The summed E-state index contributed by atoms with van der Waals surface area (Å²) in [5.74, 6) is -0.276. The van der Waals surface area contributed by atoms with Gasteiger partial charge < -0.3 is 15.0 Å². The molecule has 3 rings (SSSR count). The average molecular weight is 600 g/mol. The molecule has 2 amide bonds. The van der Waals surface area contributed by atoms with Gasteiger partial charge in [-0.1, -0.05) is 54.4 Å². The molecule has 0 fully saturated rings. The van der Waals surface area contributed by atoms with Gasteiger partial charge >= 0.3 is 0 Å². The summed E-state index contributed by atoms with van der Waals surface area (Å²) >= 11 is 6.29. The Bertz CT molecular complexity index is 1480. The van der Waals surface area contributed by atoms with Crippen molar-refractivity contribution < 1.29 is 22.7 Å².